The highest BCUT2D eigenvalue weighted by atomic mass is 16.3. The van der Waals surface area contributed by atoms with E-state index in [0.717, 1.165) is 29.9 Å². The minimum atomic E-state index is 0.0222. The Kier molecular flexibility index (Phi) is 6.28. The van der Waals surface area contributed by atoms with Gasteiger partial charge in [0.1, 0.15) is 11.6 Å². The molecule has 5 N–H and O–H groups in total. The Hall–Kier alpha value is -2.67. The van der Waals surface area contributed by atoms with Gasteiger partial charge in [0.05, 0.1) is 17.7 Å². The number of aryl methyl sites for hydroxylation is 1. The first-order valence-electron chi connectivity index (χ1n) is 10.9. The number of nitrogens with zero attached hydrogens (tertiary/aromatic N) is 2. The minimum absolute atomic E-state index is 0.0222. The molecule has 0 atom stereocenters. The molecule has 1 aliphatic heterocycles. The van der Waals surface area contributed by atoms with Gasteiger partial charge in [-0.05, 0) is 66.0 Å². The fraction of sp³-hybridized carbons (Fsp3) is 0.542. The van der Waals surface area contributed by atoms with Crippen LogP contribution < -0.4 is 5.32 Å². The molecule has 0 spiro atoms. The Morgan fingerprint density at radius 2 is 1.81 bits per heavy atom. The topological polar surface area (TPSA) is 112 Å². The summed E-state index contributed by atoms with van der Waals surface area (Å²) in [5, 5.41) is 31.2. The highest BCUT2D eigenvalue weighted by Crippen LogP contribution is 2.32. The zero-order valence-electron chi connectivity index (χ0n) is 19.6. The molecule has 7 heteroatoms. The molecular formula is C24H36N6O. The predicted octanol–water partition coefficient (Wildman–Crippen LogP) is 4.46. The summed E-state index contributed by atoms with van der Waals surface area (Å²) in [6.07, 6.45) is 4.57. The number of piperidine rings is 1. The van der Waals surface area contributed by atoms with Crippen molar-refractivity contribution in [3.8, 4) is 17.0 Å². The van der Waals surface area contributed by atoms with Gasteiger partial charge >= 0.3 is 0 Å². The first kappa shape index (κ1) is 23.0. The van der Waals surface area contributed by atoms with Gasteiger partial charge in [0, 0.05) is 47.4 Å². The van der Waals surface area contributed by atoms with E-state index >= 15 is 0 Å². The molecule has 0 radical (unpaired) electrons. The second-order valence-corrected chi connectivity index (χ2v) is 10.1. The highest BCUT2D eigenvalue weighted by Gasteiger charge is 2.39. The van der Waals surface area contributed by atoms with Crippen molar-refractivity contribution in [2.45, 2.75) is 77.4 Å². The van der Waals surface area contributed by atoms with E-state index in [2.05, 4.69) is 47.9 Å². The number of rotatable bonds is 6. The number of hydrogen-bond donors (Lipinski definition) is 5. The molecule has 0 aliphatic carbocycles. The van der Waals surface area contributed by atoms with Gasteiger partial charge in [-0.3, -0.25) is 5.41 Å². The van der Waals surface area contributed by atoms with Gasteiger partial charge in [-0.15, -0.1) is 0 Å². The number of nitrogens with one attached hydrogen (secondary N) is 4. The molecule has 1 saturated heterocycles. The normalized spacial score (nSPS) is 18.0. The van der Waals surface area contributed by atoms with E-state index in [4.69, 9.17) is 10.8 Å². The monoisotopic (exact) mass is 424 g/mol. The van der Waals surface area contributed by atoms with E-state index in [-0.39, 0.29) is 16.8 Å². The molecule has 1 aromatic carbocycles. The summed E-state index contributed by atoms with van der Waals surface area (Å²) < 4.78 is 0. The van der Waals surface area contributed by atoms with Crippen LogP contribution in [0.1, 0.15) is 64.8 Å². The fourth-order valence-corrected chi connectivity index (χ4v) is 4.84. The van der Waals surface area contributed by atoms with Crippen molar-refractivity contribution in [2.24, 2.45) is 0 Å². The van der Waals surface area contributed by atoms with Gasteiger partial charge in [-0.2, -0.15) is 0 Å². The van der Waals surface area contributed by atoms with Crippen molar-refractivity contribution >= 4 is 11.5 Å². The van der Waals surface area contributed by atoms with E-state index in [1.165, 1.54) is 0 Å². The lowest BCUT2D eigenvalue weighted by Gasteiger charge is -2.49. The summed E-state index contributed by atoms with van der Waals surface area (Å²) in [4.78, 5) is 9.41. The van der Waals surface area contributed by atoms with Gasteiger partial charge in [-0.25, -0.2) is 4.98 Å². The van der Waals surface area contributed by atoms with Crippen LogP contribution in [-0.2, 0) is 0 Å². The molecule has 0 amide bonds. The molecule has 1 aliphatic rings. The molecule has 1 aromatic heterocycles. The molecule has 0 unspecified atom stereocenters. The van der Waals surface area contributed by atoms with E-state index < -0.39 is 0 Å². The molecule has 1 fully saturated rings. The maximum Gasteiger partial charge on any atom is 0.125 e. The zero-order chi connectivity index (χ0) is 23.0. The average molecular weight is 425 g/mol. The average Bonchev–Trinajstić information content (AvgIpc) is 3.09. The first-order valence-corrected chi connectivity index (χ1v) is 10.9. The summed E-state index contributed by atoms with van der Waals surface area (Å²) in [6.45, 7) is 10.7. The van der Waals surface area contributed by atoms with Crippen molar-refractivity contribution in [1.82, 2.24) is 20.2 Å². The number of benzene rings is 1. The Morgan fingerprint density at radius 3 is 2.35 bits per heavy atom. The van der Waals surface area contributed by atoms with E-state index in [0.29, 0.717) is 36.0 Å². The Labute approximate surface area is 185 Å². The number of phenols is 1. The number of imidazole rings is 1. The number of amidine groups is 1. The second kappa shape index (κ2) is 8.46. The van der Waals surface area contributed by atoms with E-state index in [1.54, 1.807) is 18.3 Å². The van der Waals surface area contributed by atoms with Gasteiger partial charge in [0.15, 0.2) is 0 Å². The number of H-pyrrole nitrogens is 1. The summed E-state index contributed by atoms with van der Waals surface area (Å²) in [5.41, 5.74) is 2.57. The van der Waals surface area contributed by atoms with E-state index in [1.807, 2.05) is 20.0 Å². The maximum absolute atomic E-state index is 10.5. The highest BCUT2D eigenvalue weighted by molar-refractivity contribution is 6.02. The number of aromatic nitrogens is 2. The van der Waals surface area contributed by atoms with Gasteiger partial charge < -0.3 is 25.7 Å². The molecule has 31 heavy (non-hydrogen) atoms. The molecular weight excluding hydrogens is 388 g/mol. The maximum atomic E-state index is 10.5. The lowest BCUT2D eigenvalue weighted by Crippen LogP contribution is -2.62. The molecule has 0 bridgehead atoms. The molecule has 3 rings (SSSR count). The zero-order valence-corrected chi connectivity index (χ0v) is 19.6. The van der Waals surface area contributed by atoms with E-state index in [9.17, 15) is 5.11 Å². The summed E-state index contributed by atoms with van der Waals surface area (Å²) >= 11 is 0. The number of hydrogen-bond acceptors (Lipinski definition) is 5. The van der Waals surface area contributed by atoms with Crippen LogP contribution in [-0.4, -0.2) is 55.7 Å². The quantitative estimate of drug-likeness (QED) is 0.348. The lowest BCUT2D eigenvalue weighted by atomic mass is 9.79. The van der Waals surface area contributed by atoms with Crippen LogP contribution in [0.2, 0.25) is 0 Å². The fourth-order valence-electron chi connectivity index (χ4n) is 4.84. The van der Waals surface area contributed by atoms with Gasteiger partial charge in [-0.1, -0.05) is 6.07 Å². The third-order valence-corrected chi connectivity index (χ3v) is 6.09. The molecule has 2 aromatic rings. The van der Waals surface area contributed by atoms with Crippen LogP contribution in [0.25, 0.3) is 11.3 Å². The smallest absolute Gasteiger partial charge is 0.125 e. The predicted molar refractivity (Wildman–Crippen MR) is 126 cm³/mol. The third kappa shape index (κ3) is 5.53. The third-order valence-electron chi connectivity index (χ3n) is 6.09. The molecule has 0 saturated carbocycles. The van der Waals surface area contributed by atoms with Crippen molar-refractivity contribution < 1.29 is 5.11 Å². The van der Waals surface area contributed by atoms with Crippen LogP contribution in [0, 0.1) is 17.7 Å². The SMILES string of the molecule is Cc1ncc(-c2ccc(C(=N)CCC(=N)N(C)C3CC(C)(C)NC(C)(C)C3)c(O)c2)[nH]1. The van der Waals surface area contributed by atoms with Crippen LogP contribution >= 0.6 is 0 Å². The second-order valence-electron chi connectivity index (χ2n) is 10.1. The Morgan fingerprint density at radius 1 is 1.16 bits per heavy atom. The summed E-state index contributed by atoms with van der Waals surface area (Å²) in [6, 6.07) is 5.60. The Bertz CT molecular complexity index is 958. The summed E-state index contributed by atoms with van der Waals surface area (Å²) in [7, 11) is 1.99. The van der Waals surface area contributed by atoms with Crippen LogP contribution in [0.15, 0.2) is 24.4 Å². The van der Waals surface area contributed by atoms with Crippen LogP contribution in [0.3, 0.4) is 0 Å². The standard InChI is InChI=1S/C24H36N6O/c1-15-27-14-20(28-15)16-7-8-18(21(31)11-16)19(25)9-10-22(26)30(6)17-12-23(2,3)29-24(4,5)13-17/h7-8,11,14,17,25-26,29,31H,9-10,12-13H2,1-6H3,(H,27,28). The first-order chi connectivity index (χ1) is 14.4. The number of aromatic hydroxyl groups is 1. The van der Waals surface area contributed by atoms with Crippen LogP contribution in [0.5, 0.6) is 5.75 Å². The largest absolute Gasteiger partial charge is 0.507 e. The molecule has 2 heterocycles. The van der Waals surface area contributed by atoms with Crippen LogP contribution in [0.4, 0.5) is 0 Å². The van der Waals surface area contributed by atoms with Gasteiger partial charge in [0.2, 0.25) is 0 Å². The van der Waals surface area contributed by atoms with Crippen molar-refractivity contribution in [1.29, 1.82) is 10.8 Å². The number of aromatic amines is 1. The number of phenolic OH excluding ortho intramolecular Hbond substituents is 1. The molecule has 7 nitrogen and oxygen atoms in total. The van der Waals surface area contributed by atoms with Crippen molar-refractivity contribution in [3.63, 3.8) is 0 Å². The van der Waals surface area contributed by atoms with Crippen molar-refractivity contribution in [3.05, 3.63) is 35.8 Å². The Balaban J connectivity index is 1.61. The minimum Gasteiger partial charge on any atom is -0.507 e. The summed E-state index contributed by atoms with van der Waals surface area (Å²) in [5.74, 6) is 1.43. The molecule has 168 valence electrons. The van der Waals surface area contributed by atoms with Crippen molar-refractivity contribution in [2.75, 3.05) is 7.05 Å². The van der Waals surface area contributed by atoms with Gasteiger partial charge in [0.25, 0.3) is 0 Å². The lowest BCUT2D eigenvalue weighted by molar-refractivity contribution is 0.112.